The van der Waals surface area contributed by atoms with E-state index in [0.717, 1.165) is 21.5 Å². The number of thiophene rings is 1. The zero-order chi connectivity index (χ0) is 21.6. The first-order valence-corrected chi connectivity index (χ1v) is 12.0. The zero-order valence-electron chi connectivity index (χ0n) is 16.7. The van der Waals surface area contributed by atoms with Crippen LogP contribution in [0.5, 0.6) is 0 Å². The zero-order valence-corrected chi connectivity index (χ0v) is 19.2. The predicted molar refractivity (Wildman–Crippen MR) is 120 cm³/mol. The number of aryl methyl sites for hydroxylation is 2. The second-order valence-corrected chi connectivity index (χ2v) is 10.9. The van der Waals surface area contributed by atoms with Crippen LogP contribution in [-0.2, 0) is 17.1 Å². The van der Waals surface area contributed by atoms with Gasteiger partial charge < -0.3 is 0 Å². The molecule has 0 aliphatic carbocycles. The van der Waals surface area contributed by atoms with E-state index in [1.165, 1.54) is 41.1 Å². The lowest BCUT2D eigenvalue weighted by atomic mass is 10.2. The normalized spacial score (nSPS) is 12.0. The number of nitrogens with one attached hydrogen (secondary N) is 1. The first kappa shape index (κ1) is 20.7. The number of carbonyl (C=O) groups is 1. The largest absolute Gasteiger partial charge is 0.297 e. The maximum absolute atomic E-state index is 12.6. The molecule has 0 saturated heterocycles. The standard InChI is InChI=1S/C19H19N5O3S3/c1-11-14-9-16(29-18(14)24(4)22-11)17(25)21-19-20-15(10-28-19)12-5-7-13(8-6-12)30(26,27)23(2)3/h5-10H,1-4H3,(H,20,21,25). The van der Waals surface area contributed by atoms with E-state index < -0.39 is 10.0 Å². The van der Waals surface area contributed by atoms with E-state index in [1.807, 2.05) is 25.4 Å². The number of carbonyl (C=O) groups excluding carboxylic acids is 1. The number of anilines is 1. The Balaban J connectivity index is 1.52. The summed E-state index contributed by atoms with van der Waals surface area (Å²) < 4.78 is 27.3. The summed E-state index contributed by atoms with van der Waals surface area (Å²) in [5, 5.41) is 10.5. The lowest BCUT2D eigenvalue weighted by molar-refractivity contribution is 0.103. The number of hydrogen-bond donors (Lipinski definition) is 1. The fourth-order valence-corrected chi connectivity index (χ4v) is 5.58. The molecule has 1 aromatic carbocycles. The van der Waals surface area contributed by atoms with Crippen LogP contribution in [0.1, 0.15) is 15.4 Å². The summed E-state index contributed by atoms with van der Waals surface area (Å²) in [5.41, 5.74) is 2.33. The van der Waals surface area contributed by atoms with Gasteiger partial charge in [-0.3, -0.25) is 14.8 Å². The van der Waals surface area contributed by atoms with Gasteiger partial charge in [-0.2, -0.15) is 5.10 Å². The molecule has 30 heavy (non-hydrogen) atoms. The molecule has 0 radical (unpaired) electrons. The molecule has 0 unspecified atom stereocenters. The van der Waals surface area contributed by atoms with Crippen LogP contribution >= 0.6 is 22.7 Å². The van der Waals surface area contributed by atoms with E-state index in [9.17, 15) is 13.2 Å². The van der Waals surface area contributed by atoms with Crippen molar-refractivity contribution in [1.29, 1.82) is 0 Å². The molecule has 3 heterocycles. The fourth-order valence-electron chi connectivity index (χ4n) is 2.95. The minimum atomic E-state index is -3.48. The molecular formula is C19H19N5O3S3. The highest BCUT2D eigenvalue weighted by Gasteiger charge is 2.18. The predicted octanol–water partition coefficient (Wildman–Crippen LogP) is 3.57. The summed E-state index contributed by atoms with van der Waals surface area (Å²) >= 11 is 2.70. The van der Waals surface area contributed by atoms with E-state index >= 15 is 0 Å². The molecular weight excluding hydrogens is 442 g/mol. The number of hydrogen-bond acceptors (Lipinski definition) is 7. The van der Waals surface area contributed by atoms with Crippen molar-refractivity contribution < 1.29 is 13.2 Å². The van der Waals surface area contributed by atoms with Crippen molar-refractivity contribution in [3.63, 3.8) is 0 Å². The Kier molecular flexibility index (Phi) is 5.22. The van der Waals surface area contributed by atoms with Gasteiger partial charge in [0.25, 0.3) is 5.91 Å². The van der Waals surface area contributed by atoms with Crippen LogP contribution in [0.25, 0.3) is 21.5 Å². The molecule has 3 aromatic heterocycles. The highest BCUT2D eigenvalue weighted by molar-refractivity contribution is 7.89. The van der Waals surface area contributed by atoms with Crippen LogP contribution in [0, 0.1) is 6.92 Å². The number of nitrogens with zero attached hydrogens (tertiary/aromatic N) is 4. The maximum Gasteiger partial charge on any atom is 0.267 e. The Bertz CT molecular complexity index is 1310. The van der Waals surface area contributed by atoms with E-state index in [2.05, 4.69) is 15.4 Å². The average molecular weight is 462 g/mol. The van der Waals surface area contributed by atoms with Gasteiger partial charge in [-0.15, -0.1) is 22.7 Å². The molecule has 4 aromatic rings. The van der Waals surface area contributed by atoms with Gasteiger partial charge >= 0.3 is 0 Å². The maximum atomic E-state index is 12.6. The Morgan fingerprint density at radius 2 is 1.90 bits per heavy atom. The van der Waals surface area contributed by atoms with E-state index in [1.54, 1.807) is 28.9 Å². The Labute approximate surface area is 181 Å². The van der Waals surface area contributed by atoms with E-state index in [-0.39, 0.29) is 10.8 Å². The highest BCUT2D eigenvalue weighted by Crippen LogP contribution is 2.30. The number of thiazole rings is 1. The highest BCUT2D eigenvalue weighted by atomic mass is 32.2. The Morgan fingerprint density at radius 1 is 1.20 bits per heavy atom. The van der Waals surface area contributed by atoms with Crippen molar-refractivity contribution in [2.45, 2.75) is 11.8 Å². The number of rotatable bonds is 5. The topological polar surface area (TPSA) is 97.2 Å². The number of aromatic nitrogens is 3. The second kappa shape index (κ2) is 7.58. The lowest BCUT2D eigenvalue weighted by Crippen LogP contribution is -2.22. The van der Waals surface area contributed by atoms with Gasteiger partial charge in [0.1, 0.15) is 4.83 Å². The number of sulfonamides is 1. The molecule has 1 amide bonds. The van der Waals surface area contributed by atoms with Crippen LogP contribution in [0.4, 0.5) is 5.13 Å². The molecule has 8 nitrogen and oxygen atoms in total. The fraction of sp³-hybridized carbons (Fsp3) is 0.211. The van der Waals surface area contributed by atoms with Crippen LogP contribution in [0.3, 0.4) is 0 Å². The lowest BCUT2D eigenvalue weighted by Gasteiger charge is -2.11. The molecule has 0 aliphatic heterocycles. The summed E-state index contributed by atoms with van der Waals surface area (Å²) in [5.74, 6) is -0.219. The summed E-state index contributed by atoms with van der Waals surface area (Å²) in [6.07, 6.45) is 0. The molecule has 0 aliphatic rings. The molecule has 0 atom stereocenters. The third-order valence-corrected chi connectivity index (χ3v) is 8.36. The van der Waals surface area contributed by atoms with Crippen molar-refractivity contribution in [3.05, 3.63) is 46.3 Å². The third kappa shape index (κ3) is 3.65. The average Bonchev–Trinajstić information content (AvgIpc) is 3.40. The summed E-state index contributed by atoms with van der Waals surface area (Å²) in [7, 11) is 1.37. The van der Waals surface area contributed by atoms with Gasteiger partial charge in [0, 0.05) is 37.5 Å². The molecule has 0 fully saturated rings. The van der Waals surface area contributed by atoms with Crippen LogP contribution in [-0.4, -0.2) is 47.5 Å². The van der Waals surface area contributed by atoms with Gasteiger partial charge in [-0.05, 0) is 25.1 Å². The third-order valence-electron chi connectivity index (χ3n) is 4.57. The Morgan fingerprint density at radius 3 is 2.53 bits per heavy atom. The smallest absolute Gasteiger partial charge is 0.267 e. The van der Waals surface area contributed by atoms with Crippen molar-refractivity contribution in [1.82, 2.24) is 19.1 Å². The second-order valence-electron chi connectivity index (χ2n) is 6.84. The molecule has 0 saturated carbocycles. The first-order valence-electron chi connectivity index (χ1n) is 8.90. The summed E-state index contributed by atoms with van der Waals surface area (Å²) in [4.78, 5) is 18.9. The van der Waals surface area contributed by atoms with E-state index in [4.69, 9.17) is 0 Å². The minimum absolute atomic E-state index is 0.217. The van der Waals surface area contributed by atoms with Crippen LogP contribution in [0.2, 0.25) is 0 Å². The number of fused-ring (bicyclic) bond motifs is 1. The van der Waals surface area contributed by atoms with Crippen LogP contribution < -0.4 is 5.32 Å². The van der Waals surface area contributed by atoms with Gasteiger partial charge in [-0.1, -0.05) is 12.1 Å². The van der Waals surface area contributed by atoms with Crippen molar-refractivity contribution >= 4 is 54.0 Å². The van der Waals surface area contributed by atoms with Crippen LogP contribution in [0.15, 0.2) is 40.6 Å². The van der Waals surface area contributed by atoms with Gasteiger partial charge in [-0.25, -0.2) is 17.7 Å². The van der Waals surface area contributed by atoms with Crippen molar-refractivity contribution in [2.75, 3.05) is 19.4 Å². The number of amides is 1. The van der Waals surface area contributed by atoms with E-state index in [0.29, 0.717) is 15.7 Å². The molecule has 11 heteroatoms. The minimum Gasteiger partial charge on any atom is -0.297 e. The van der Waals surface area contributed by atoms with Crippen molar-refractivity contribution in [2.24, 2.45) is 7.05 Å². The number of benzene rings is 1. The van der Waals surface area contributed by atoms with Gasteiger partial charge in [0.2, 0.25) is 10.0 Å². The molecule has 1 N–H and O–H groups in total. The van der Waals surface area contributed by atoms with Gasteiger partial charge in [0.05, 0.1) is 21.2 Å². The van der Waals surface area contributed by atoms with Gasteiger partial charge in [0.15, 0.2) is 5.13 Å². The molecule has 0 spiro atoms. The molecule has 156 valence electrons. The first-order chi connectivity index (χ1) is 14.2. The van der Waals surface area contributed by atoms with Crippen molar-refractivity contribution in [3.8, 4) is 11.3 Å². The molecule has 0 bridgehead atoms. The monoisotopic (exact) mass is 461 g/mol. The molecule has 4 rings (SSSR count). The quantitative estimate of drug-likeness (QED) is 0.490. The SMILES string of the molecule is Cc1nn(C)c2sc(C(=O)Nc3nc(-c4ccc(S(=O)(=O)N(C)C)cc4)cs3)cc12. The Hall–Kier alpha value is -2.60. The summed E-state index contributed by atoms with van der Waals surface area (Å²) in [6, 6.07) is 8.36. The summed E-state index contributed by atoms with van der Waals surface area (Å²) in [6.45, 7) is 1.92.